The minimum Gasteiger partial charge on any atom is -0.531 e. The van der Waals surface area contributed by atoms with Crippen LogP contribution in [0.25, 0.3) is 5.57 Å². The van der Waals surface area contributed by atoms with Crippen LogP contribution in [0.2, 0.25) is 5.02 Å². The molecule has 0 atom stereocenters. The van der Waals surface area contributed by atoms with Crippen LogP contribution in [-0.2, 0) is 0 Å². The highest BCUT2D eigenvalue weighted by molar-refractivity contribution is 6.53. The van der Waals surface area contributed by atoms with Crippen molar-refractivity contribution >= 4 is 30.0 Å². The maximum Gasteiger partial charge on any atom is 0.552 e. The molecule has 0 amide bonds. The summed E-state index contributed by atoms with van der Waals surface area (Å²) < 4.78 is 5.29. The van der Waals surface area contributed by atoms with E-state index in [1.807, 2.05) is 19.9 Å². The van der Waals surface area contributed by atoms with E-state index in [-0.39, 0.29) is 5.92 Å². The van der Waals surface area contributed by atoms with Crippen molar-refractivity contribution in [1.82, 2.24) is 0 Å². The van der Waals surface area contributed by atoms with E-state index in [0.717, 1.165) is 11.1 Å². The second kappa shape index (κ2) is 4.03. The third-order valence-electron chi connectivity index (χ3n) is 2.56. The van der Waals surface area contributed by atoms with E-state index in [9.17, 15) is 5.02 Å². The highest BCUT2D eigenvalue weighted by Crippen LogP contribution is 2.41. The van der Waals surface area contributed by atoms with E-state index in [1.165, 1.54) is 0 Å². The number of anilines is 1. The first-order chi connectivity index (χ1) is 7.49. The Bertz CT molecular complexity index is 460. The lowest BCUT2D eigenvalue weighted by Gasteiger charge is -2.24. The van der Waals surface area contributed by atoms with Gasteiger partial charge >= 0.3 is 7.12 Å². The molecule has 16 heavy (non-hydrogen) atoms. The topological polar surface area (TPSA) is 55.5 Å². The van der Waals surface area contributed by atoms with Gasteiger partial charge in [-0.15, -0.1) is 0 Å². The van der Waals surface area contributed by atoms with E-state index in [2.05, 4.69) is 0 Å². The Morgan fingerprint density at radius 3 is 2.75 bits per heavy atom. The molecule has 3 nitrogen and oxygen atoms in total. The lowest BCUT2D eigenvalue weighted by Crippen LogP contribution is -2.25. The predicted octanol–water partition coefficient (Wildman–Crippen LogP) is 2.37. The van der Waals surface area contributed by atoms with Gasteiger partial charge in [-0.3, -0.25) is 0 Å². The number of hydrogen-bond donors (Lipinski definition) is 2. The first-order valence-corrected chi connectivity index (χ1v) is 5.52. The molecule has 2 rings (SSSR count). The van der Waals surface area contributed by atoms with Crippen LogP contribution in [0.4, 0.5) is 5.69 Å². The largest absolute Gasteiger partial charge is 0.552 e. The van der Waals surface area contributed by atoms with Crippen molar-refractivity contribution in [2.24, 2.45) is 5.92 Å². The summed E-state index contributed by atoms with van der Waals surface area (Å²) in [5.41, 5.74) is 8.21. The lowest BCUT2D eigenvalue weighted by molar-refractivity contribution is 0.427. The predicted molar refractivity (Wildman–Crippen MR) is 67.3 cm³/mol. The smallest absolute Gasteiger partial charge is 0.531 e. The monoisotopic (exact) mass is 237 g/mol. The van der Waals surface area contributed by atoms with Crippen LogP contribution in [0.1, 0.15) is 19.4 Å². The summed E-state index contributed by atoms with van der Waals surface area (Å²) in [5.74, 6) is 2.47. The number of halogens is 1. The van der Waals surface area contributed by atoms with Crippen LogP contribution in [0, 0.1) is 5.92 Å². The van der Waals surface area contributed by atoms with Crippen molar-refractivity contribution in [3.8, 4) is 5.75 Å². The van der Waals surface area contributed by atoms with Crippen molar-refractivity contribution in [3.63, 3.8) is 0 Å². The second-order valence-corrected chi connectivity index (χ2v) is 4.57. The van der Waals surface area contributed by atoms with Crippen molar-refractivity contribution < 1.29 is 9.68 Å². The second-order valence-electron chi connectivity index (χ2n) is 4.16. The minimum absolute atomic E-state index is 0.273. The summed E-state index contributed by atoms with van der Waals surface area (Å²) in [6.45, 7) is 4.09. The number of hydrogen-bond acceptors (Lipinski definition) is 3. The molecule has 5 heteroatoms. The molecule has 84 valence electrons. The molecule has 1 aromatic rings. The van der Waals surface area contributed by atoms with Crippen molar-refractivity contribution in [2.75, 3.05) is 5.73 Å². The Morgan fingerprint density at radius 2 is 2.12 bits per heavy atom. The Morgan fingerprint density at radius 1 is 1.44 bits per heavy atom. The van der Waals surface area contributed by atoms with E-state index in [1.54, 1.807) is 12.0 Å². The van der Waals surface area contributed by atoms with E-state index >= 15 is 0 Å². The van der Waals surface area contributed by atoms with Gasteiger partial charge < -0.3 is 15.4 Å². The summed E-state index contributed by atoms with van der Waals surface area (Å²) in [4.78, 5) is 0. The quantitative estimate of drug-likeness (QED) is 0.582. The molecule has 0 unspecified atom stereocenters. The number of nitrogens with two attached hydrogens (primary N) is 1. The van der Waals surface area contributed by atoms with Crippen LogP contribution in [0.5, 0.6) is 5.75 Å². The fraction of sp³-hybridized carbons (Fsp3) is 0.273. The molecule has 0 aromatic heterocycles. The maximum absolute atomic E-state index is 9.58. The molecule has 0 fully saturated rings. The van der Waals surface area contributed by atoms with Crippen LogP contribution >= 0.6 is 11.6 Å². The van der Waals surface area contributed by atoms with E-state index in [0.29, 0.717) is 16.5 Å². The zero-order chi connectivity index (χ0) is 11.9. The van der Waals surface area contributed by atoms with Crippen LogP contribution in [-0.4, -0.2) is 12.1 Å². The Labute approximate surface area is 100 Å². The van der Waals surface area contributed by atoms with Gasteiger partial charge in [0.05, 0.1) is 5.02 Å². The van der Waals surface area contributed by atoms with Crippen LogP contribution < -0.4 is 10.4 Å². The highest BCUT2D eigenvalue weighted by atomic mass is 35.5. The minimum atomic E-state index is -0.939. The SMILES string of the molecule is CC(C)C1=CB(O)Oc2c(Cl)cc(N)cc21. The molecule has 0 aliphatic carbocycles. The number of fused-ring (bicyclic) bond motifs is 1. The van der Waals surface area contributed by atoms with E-state index < -0.39 is 7.12 Å². The average molecular weight is 237 g/mol. The average Bonchev–Trinajstić information content (AvgIpc) is 2.18. The van der Waals surface area contributed by atoms with Gasteiger partial charge in [-0.1, -0.05) is 25.4 Å². The van der Waals surface area contributed by atoms with Gasteiger partial charge in [0.2, 0.25) is 0 Å². The van der Waals surface area contributed by atoms with Gasteiger partial charge in [-0.05, 0) is 29.6 Å². The molecule has 0 saturated heterocycles. The van der Waals surface area contributed by atoms with Crippen LogP contribution in [0.15, 0.2) is 18.1 Å². The summed E-state index contributed by atoms with van der Waals surface area (Å²) in [6.07, 6.45) is 0. The number of nitrogen functional groups attached to an aromatic ring is 1. The summed E-state index contributed by atoms with van der Waals surface area (Å²) in [6, 6.07) is 3.44. The van der Waals surface area contributed by atoms with Crippen molar-refractivity contribution in [3.05, 3.63) is 28.7 Å². The number of allylic oxidation sites excluding steroid dienone is 1. The maximum atomic E-state index is 9.58. The van der Waals surface area contributed by atoms with Crippen molar-refractivity contribution in [2.45, 2.75) is 13.8 Å². The third kappa shape index (κ3) is 1.90. The van der Waals surface area contributed by atoms with Gasteiger partial charge in [0.1, 0.15) is 5.75 Å². The molecule has 1 aliphatic heterocycles. The van der Waals surface area contributed by atoms with Gasteiger partial charge in [0.15, 0.2) is 0 Å². The summed E-state index contributed by atoms with van der Waals surface area (Å²) in [5, 5.41) is 10.0. The highest BCUT2D eigenvalue weighted by Gasteiger charge is 2.27. The molecule has 1 aliphatic rings. The normalized spacial score (nSPS) is 14.6. The third-order valence-corrected chi connectivity index (χ3v) is 2.84. The fourth-order valence-corrected chi connectivity index (χ4v) is 2.12. The number of benzene rings is 1. The van der Waals surface area contributed by atoms with Gasteiger partial charge in [0, 0.05) is 11.3 Å². The van der Waals surface area contributed by atoms with Gasteiger partial charge in [0.25, 0.3) is 0 Å². The zero-order valence-electron chi connectivity index (χ0n) is 9.20. The first-order valence-electron chi connectivity index (χ1n) is 5.15. The van der Waals surface area contributed by atoms with E-state index in [4.69, 9.17) is 22.0 Å². The van der Waals surface area contributed by atoms with Gasteiger partial charge in [-0.2, -0.15) is 0 Å². The molecule has 0 spiro atoms. The molecule has 1 aromatic carbocycles. The standard InChI is InChI=1S/C11H13BClNO2/c1-6(2)9-5-12(15)16-11-8(9)3-7(14)4-10(11)13/h3-6,15H,14H2,1-2H3. The Kier molecular flexibility index (Phi) is 2.87. The fourth-order valence-electron chi connectivity index (χ4n) is 1.85. The lowest BCUT2D eigenvalue weighted by atomic mass is 9.78. The molecular formula is C11H13BClNO2. The molecular weight excluding hydrogens is 224 g/mol. The molecule has 3 N–H and O–H groups in total. The Balaban J connectivity index is 2.62. The van der Waals surface area contributed by atoms with Crippen LogP contribution in [0.3, 0.4) is 0 Å². The Hall–Kier alpha value is -1.13. The first kappa shape index (κ1) is 11.4. The molecule has 1 heterocycles. The zero-order valence-corrected chi connectivity index (χ0v) is 9.95. The molecule has 0 bridgehead atoms. The van der Waals surface area contributed by atoms with Crippen molar-refractivity contribution in [1.29, 1.82) is 0 Å². The summed E-state index contributed by atoms with van der Waals surface area (Å²) >= 11 is 6.04. The molecule has 0 saturated carbocycles. The number of rotatable bonds is 1. The van der Waals surface area contributed by atoms with Gasteiger partial charge in [-0.25, -0.2) is 0 Å². The summed E-state index contributed by atoms with van der Waals surface area (Å²) in [7, 11) is -0.939. The molecule has 0 radical (unpaired) electrons.